The fourth-order valence-corrected chi connectivity index (χ4v) is 5.65. The van der Waals surface area contributed by atoms with Gasteiger partial charge in [0, 0.05) is 63.4 Å². The molecule has 4 aromatic rings. The second-order valence-corrected chi connectivity index (χ2v) is 11.3. The highest BCUT2D eigenvalue weighted by molar-refractivity contribution is 6.19. The second-order valence-electron chi connectivity index (χ2n) is 11.3. The molecule has 1 aromatic carbocycles. The third-order valence-corrected chi connectivity index (χ3v) is 8.07. The van der Waals surface area contributed by atoms with Crippen LogP contribution in [0.5, 0.6) is 0 Å². The van der Waals surface area contributed by atoms with Crippen LogP contribution in [0, 0.1) is 19.3 Å². The summed E-state index contributed by atoms with van der Waals surface area (Å²) in [5.74, 6) is -0.434. The predicted molar refractivity (Wildman–Crippen MR) is 160 cm³/mol. The number of rotatable bonds is 8. The van der Waals surface area contributed by atoms with Crippen molar-refractivity contribution in [2.75, 3.05) is 29.9 Å². The lowest BCUT2D eigenvalue weighted by Crippen LogP contribution is -2.47. The van der Waals surface area contributed by atoms with E-state index in [0.29, 0.717) is 49.4 Å². The van der Waals surface area contributed by atoms with Crippen molar-refractivity contribution in [2.45, 2.75) is 54.3 Å². The minimum absolute atomic E-state index is 0.0750. The fraction of sp³-hybridized carbons (Fsp3) is 0.375. The van der Waals surface area contributed by atoms with Crippen molar-refractivity contribution in [1.82, 2.24) is 14.5 Å². The average Bonchev–Trinajstić information content (AvgIpc) is 3.45. The molecular weight excluding hydrogens is 518 g/mol. The number of nitrogens with zero attached hydrogens (tertiary/aromatic N) is 5. The Morgan fingerprint density at radius 2 is 1.78 bits per heavy atom. The van der Waals surface area contributed by atoms with Crippen molar-refractivity contribution >= 4 is 34.2 Å². The van der Waals surface area contributed by atoms with Crippen LogP contribution in [-0.4, -0.2) is 46.4 Å². The first kappa shape index (κ1) is 28.3. The Morgan fingerprint density at radius 3 is 2.51 bits per heavy atom. The molecule has 0 unspecified atom stereocenters. The van der Waals surface area contributed by atoms with E-state index in [4.69, 9.17) is 4.42 Å². The fourth-order valence-electron chi connectivity index (χ4n) is 5.65. The first-order chi connectivity index (χ1) is 19.5. The lowest BCUT2D eigenvalue weighted by Gasteiger charge is -2.27. The van der Waals surface area contributed by atoms with Crippen molar-refractivity contribution < 1.29 is 14.0 Å². The molecule has 0 bridgehead atoms. The van der Waals surface area contributed by atoms with E-state index in [9.17, 15) is 14.4 Å². The van der Waals surface area contributed by atoms with Crippen LogP contribution < -0.4 is 15.4 Å². The Morgan fingerprint density at radius 1 is 1.00 bits per heavy atom. The first-order valence-electron chi connectivity index (χ1n) is 14.0. The van der Waals surface area contributed by atoms with Gasteiger partial charge in [-0.05, 0) is 70.0 Å². The number of benzene rings is 1. The minimum Gasteiger partial charge on any atom is -0.464 e. The maximum atomic E-state index is 13.3. The van der Waals surface area contributed by atoms with E-state index >= 15 is 0 Å². The molecule has 9 nitrogen and oxygen atoms in total. The number of aryl methyl sites for hydroxylation is 2. The van der Waals surface area contributed by atoms with E-state index in [-0.39, 0.29) is 17.4 Å². The van der Waals surface area contributed by atoms with E-state index in [2.05, 4.69) is 16.0 Å². The number of fused-ring (bicyclic) bond motifs is 2. The van der Waals surface area contributed by atoms with Gasteiger partial charge in [0.15, 0.2) is 0 Å². The van der Waals surface area contributed by atoms with Crippen molar-refractivity contribution in [3.8, 4) is 0 Å². The van der Waals surface area contributed by atoms with Crippen LogP contribution in [0.25, 0.3) is 11.0 Å². The largest absolute Gasteiger partial charge is 0.464 e. The molecule has 0 spiro atoms. The summed E-state index contributed by atoms with van der Waals surface area (Å²) in [6.07, 6.45) is 5.19. The van der Waals surface area contributed by atoms with Crippen LogP contribution >= 0.6 is 0 Å². The molecule has 1 aliphatic rings. The molecule has 0 radical (unpaired) electrons. The van der Waals surface area contributed by atoms with Gasteiger partial charge in [-0.1, -0.05) is 12.1 Å². The highest BCUT2D eigenvalue weighted by Gasteiger charge is 2.45. The highest BCUT2D eigenvalue weighted by atomic mass is 16.3. The van der Waals surface area contributed by atoms with Crippen LogP contribution in [-0.2, 0) is 29.2 Å². The van der Waals surface area contributed by atoms with Crippen LogP contribution in [0.15, 0.2) is 64.3 Å². The van der Waals surface area contributed by atoms with Gasteiger partial charge in [0.1, 0.15) is 11.0 Å². The quantitative estimate of drug-likeness (QED) is 0.294. The summed E-state index contributed by atoms with van der Waals surface area (Å²) in [7, 11) is 1.73. The summed E-state index contributed by atoms with van der Waals surface area (Å²) in [6.45, 7) is 12.0. The molecule has 0 fully saturated rings. The molecule has 4 heterocycles. The van der Waals surface area contributed by atoms with Crippen LogP contribution in [0.2, 0.25) is 0 Å². The molecule has 0 atom stereocenters. The average molecular weight is 556 g/mol. The van der Waals surface area contributed by atoms with Gasteiger partial charge < -0.3 is 18.8 Å². The molecule has 41 heavy (non-hydrogen) atoms. The summed E-state index contributed by atoms with van der Waals surface area (Å²) < 4.78 is 7.25. The van der Waals surface area contributed by atoms with Gasteiger partial charge in [-0.15, -0.1) is 0 Å². The third kappa shape index (κ3) is 5.17. The lowest BCUT2D eigenvalue weighted by atomic mass is 9.90. The maximum Gasteiger partial charge on any atom is 0.261 e. The molecule has 0 saturated heterocycles. The Balaban J connectivity index is 1.47. The Kier molecular flexibility index (Phi) is 7.57. The van der Waals surface area contributed by atoms with Crippen LogP contribution in [0.4, 0.5) is 11.4 Å². The van der Waals surface area contributed by atoms with Gasteiger partial charge in [0.05, 0.1) is 23.0 Å². The SMILES string of the molecule is CCN1C(=O)C(C)(C)C(=O)N(C)c2cc(CN(CCn3cc(C)c4occc4c3=O)Cc3cccnc3C)ccc21. The van der Waals surface area contributed by atoms with Gasteiger partial charge >= 0.3 is 0 Å². The first-order valence-corrected chi connectivity index (χ1v) is 14.0. The smallest absolute Gasteiger partial charge is 0.261 e. The van der Waals surface area contributed by atoms with Gasteiger partial charge in [0.25, 0.3) is 5.56 Å². The molecule has 0 N–H and O–H groups in total. The third-order valence-electron chi connectivity index (χ3n) is 8.07. The van der Waals surface area contributed by atoms with Gasteiger partial charge in [-0.25, -0.2) is 0 Å². The molecule has 3 aromatic heterocycles. The number of aromatic nitrogens is 2. The van der Waals surface area contributed by atoms with Gasteiger partial charge in [-0.2, -0.15) is 0 Å². The monoisotopic (exact) mass is 555 g/mol. The number of furan rings is 1. The van der Waals surface area contributed by atoms with Crippen LogP contribution in [0.3, 0.4) is 0 Å². The predicted octanol–water partition coefficient (Wildman–Crippen LogP) is 4.66. The number of pyridine rings is 2. The van der Waals surface area contributed by atoms with E-state index in [0.717, 1.165) is 28.1 Å². The van der Waals surface area contributed by atoms with E-state index in [1.165, 1.54) is 0 Å². The summed E-state index contributed by atoms with van der Waals surface area (Å²) in [5.41, 5.74) is 4.81. The standard InChI is InChI=1S/C32H37N5O4/c1-7-37-26-11-10-23(17-27(26)34(6)30(39)32(4,5)31(37)40)19-35(20-24-9-8-13-33-22(24)3)14-15-36-18-21(2)28-25(29(36)38)12-16-41-28/h8-13,16-18H,7,14-15,19-20H2,1-6H3. The number of carbonyl (C=O) groups excluding carboxylic acids is 2. The molecule has 5 rings (SSSR count). The van der Waals surface area contributed by atoms with Crippen molar-refractivity contribution in [2.24, 2.45) is 5.41 Å². The Bertz CT molecular complexity index is 1690. The number of hydrogen-bond donors (Lipinski definition) is 0. The van der Waals surface area contributed by atoms with Crippen molar-refractivity contribution in [1.29, 1.82) is 0 Å². The summed E-state index contributed by atoms with van der Waals surface area (Å²) in [4.78, 5) is 49.8. The minimum atomic E-state index is -1.16. The summed E-state index contributed by atoms with van der Waals surface area (Å²) in [5, 5.41) is 0.580. The Labute approximate surface area is 240 Å². The second kappa shape index (κ2) is 11.0. The lowest BCUT2D eigenvalue weighted by molar-refractivity contribution is -0.137. The number of anilines is 2. The molecule has 9 heteroatoms. The molecule has 0 aliphatic carbocycles. The van der Waals surface area contributed by atoms with E-state index in [1.54, 1.807) is 53.8 Å². The highest BCUT2D eigenvalue weighted by Crippen LogP contribution is 2.39. The zero-order chi connectivity index (χ0) is 29.5. The van der Waals surface area contributed by atoms with Crippen LogP contribution in [0.1, 0.15) is 43.2 Å². The number of amides is 2. The van der Waals surface area contributed by atoms with Gasteiger partial charge in [-0.3, -0.25) is 24.3 Å². The molecular formula is C32H37N5O4. The Hall–Kier alpha value is -4.24. The molecule has 2 amide bonds. The zero-order valence-corrected chi connectivity index (χ0v) is 24.6. The molecule has 0 saturated carbocycles. The topological polar surface area (TPSA) is 91.9 Å². The molecule has 214 valence electrons. The van der Waals surface area contributed by atoms with E-state index in [1.807, 2.05) is 51.2 Å². The van der Waals surface area contributed by atoms with Crippen molar-refractivity contribution in [3.63, 3.8) is 0 Å². The maximum absolute atomic E-state index is 13.3. The summed E-state index contributed by atoms with van der Waals surface area (Å²) in [6, 6.07) is 11.7. The van der Waals surface area contributed by atoms with E-state index < -0.39 is 5.41 Å². The summed E-state index contributed by atoms with van der Waals surface area (Å²) >= 11 is 0. The number of hydrogen-bond acceptors (Lipinski definition) is 6. The van der Waals surface area contributed by atoms with Crippen molar-refractivity contribution in [3.05, 3.63) is 87.8 Å². The molecule has 1 aliphatic heterocycles. The number of carbonyl (C=O) groups is 2. The van der Waals surface area contributed by atoms with Gasteiger partial charge in [0.2, 0.25) is 11.8 Å². The zero-order valence-electron chi connectivity index (χ0n) is 24.6. The normalized spacial score (nSPS) is 15.1.